The molecule has 28 heteroatoms. The van der Waals surface area contributed by atoms with Crippen molar-refractivity contribution in [1.82, 2.24) is 30.7 Å². The summed E-state index contributed by atoms with van der Waals surface area (Å²) in [5.41, 5.74) is 5.97. The molecular weight excluding hydrogens is 1310 g/mol. The second-order valence-electron chi connectivity index (χ2n) is 26.0. The number of carbonyl (C=O) groups excluding carboxylic acids is 7. The molecule has 0 saturated heterocycles. The third kappa shape index (κ3) is 22.9. The van der Waals surface area contributed by atoms with Gasteiger partial charge in [0, 0.05) is 100 Å². The highest BCUT2D eigenvalue weighted by Crippen LogP contribution is 2.48. The van der Waals surface area contributed by atoms with E-state index in [4.69, 9.17) is 56.8 Å². The molecule has 3 aromatic rings. The first-order chi connectivity index (χ1) is 49.0. The Hall–Kier alpha value is -8.19. The Morgan fingerprint density at radius 2 is 1.15 bits per heavy atom. The average Bonchev–Trinajstić information content (AvgIpc) is 1.61. The van der Waals surface area contributed by atoms with Crippen LogP contribution in [0.5, 0.6) is 23.0 Å². The predicted octanol–water partition coefficient (Wildman–Crippen LogP) is 5.57. The number of nitrogens with zero attached hydrogens (tertiary/aromatic N) is 3. The molecule has 9 rings (SSSR count). The van der Waals surface area contributed by atoms with Gasteiger partial charge in [-0.15, -0.1) is 0 Å². The fourth-order valence-electron chi connectivity index (χ4n) is 12.0. The molecule has 4 atom stereocenters. The van der Waals surface area contributed by atoms with E-state index in [9.17, 15) is 33.6 Å². The van der Waals surface area contributed by atoms with E-state index in [0.29, 0.717) is 208 Å². The number of imide groups is 1. The highest BCUT2D eigenvalue weighted by molar-refractivity contribution is 6.13. The van der Waals surface area contributed by atoms with Gasteiger partial charge in [-0.3, -0.25) is 38.5 Å². The number of anilines is 3. The maximum Gasteiger partial charge on any atom is 0.260 e. The first kappa shape index (κ1) is 77.0. The lowest BCUT2D eigenvalue weighted by molar-refractivity contribution is -0.137. The van der Waals surface area contributed by atoms with Crippen molar-refractivity contribution in [2.24, 2.45) is 11.8 Å². The fraction of sp³-hybridized carbons (Fsp3) is 0.575. The Morgan fingerprint density at radius 3 is 1.69 bits per heavy atom. The molecule has 6 aliphatic rings. The smallest absolute Gasteiger partial charge is 0.260 e. The van der Waals surface area contributed by atoms with E-state index in [1.54, 1.807) is 38.2 Å². The Morgan fingerprint density at radius 1 is 0.614 bits per heavy atom. The molecule has 0 bridgehead atoms. The quantitative estimate of drug-likeness (QED) is 0.0297. The number of carbonyl (C=O) groups is 7. The fourth-order valence-corrected chi connectivity index (χ4v) is 12.0. The third-order valence-corrected chi connectivity index (χ3v) is 18.0. The lowest BCUT2D eigenvalue weighted by Crippen LogP contribution is -2.49. The van der Waals surface area contributed by atoms with Crippen molar-refractivity contribution in [1.29, 1.82) is 0 Å². The van der Waals surface area contributed by atoms with Gasteiger partial charge in [0.05, 0.1) is 173 Å². The molecule has 6 N–H and O–H groups in total. The number of ether oxygens (including phenoxy) is 12. The highest BCUT2D eigenvalue weighted by Gasteiger charge is 2.46. The van der Waals surface area contributed by atoms with Crippen LogP contribution in [-0.2, 0) is 61.9 Å². The van der Waals surface area contributed by atoms with Gasteiger partial charge in [0.2, 0.25) is 17.7 Å². The van der Waals surface area contributed by atoms with Crippen molar-refractivity contribution in [3.05, 3.63) is 95.3 Å². The molecule has 0 aromatic heterocycles. The van der Waals surface area contributed by atoms with Crippen LogP contribution < -0.4 is 50.8 Å². The highest BCUT2D eigenvalue weighted by atomic mass is 16.6. The summed E-state index contributed by atoms with van der Waals surface area (Å²) < 4.78 is 68.1. The van der Waals surface area contributed by atoms with Gasteiger partial charge in [0.15, 0.2) is 23.0 Å². The minimum Gasteiger partial charge on any atom is -0.493 e. The van der Waals surface area contributed by atoms with Gasteiger partial charge in [-0.2, -0.15) is 0 Å². The van der Waals surface area contributed by atoms with E-state index < -0.39 is 17.9 Å². The Labute approximate surface area is 591 Å². The van der Waals surface area contributed by atoms with Crippen LogP contribution in [0.15, 0.2) is 78.7 Å². The van der Waals surface area contributed by atoms with Gasteiger partial charge in [0.1, 0.15) is 0 Å². The minimum atomic E-state index is -0.557. The van der Waals surface area contributed by atoms with Gasteiger partial charge in [-0.25, -0.2) is 0 Å². The van der Waals surface area contributed by atoms with Crippen LogP contribution in [0.4, 0.5) is 17.1 Å². The average molecular weight is 1410 g/mol. The molecule has 552 valence electrons. The van der Waals surface area contributed by atoms with Crippen LogP contribution in [-0.4, -0.2) is 246 Å². The molecule has 1 saturated carbocycles. The molecule has 1 fully saturated rings. The van der Waals surface area contributed by atoms with Crippen molar-refractivity contribution in [2.75, 3.05) is 182 Å². The summed E-state index contributed by atoms with van der Waals surface area (Å²) >= 11 is 0. The second kappa shape index (κ2) is 39.3. The molecule has 7 amide bonds. The Bertz CT molecular complexity index is 3360. The molecule has 5 heterocycles. The summed E-state index contributed by atoms with van der Waals surface area (Å²) in [6.45, 7) is 16.6. The van der Waals surface area contributed by atoms with E-state index in [0.717, 1.165) is 22.5 Å². The Kier molecular flexibility index (Phi) is 29.9. The van der Waals surface area contributed by atoms with Crippen molar-refractivity contribution >= 4 is 64.0 Å². The SMILES string of the molecule is COc1cc2c(cc1OCCCOc1cc3c(cc1OC)C(=O)N1C=C(C4CC4)CC1(C)CN3)NCC1CC(c3ccc(NC(=O)C(C)NCC(NC(=O)CCOCCOCCOCCOCCOCCOCCOCCOCCNC(=O)CCN4C(=O)C=CC4=O)C(C)C)cc3)=CN1C2=O. The maximum absolute atomic E-state index is 14.2. The Balaban J connectivity index is 0.564. The number of methoxy groups -OCH3 is 2. The number of nitrogens with one attached hydrogen (secondary N) is 6. The number of hydrogen-bond donors (Lipinski definition) is 6. The van der Waals surface area contributed by atoms with E-state index in [1.165, 1.54) is 30.6 Å². The number of fused-ring (bicyclic) bond motifs is 4. The van der Waals surface area contributed by atoms with E-state index in [-0.39, 0.29) is 79.1 Å². The summed E-state index contributed by atoms with van der Waals surface area (Å²) in [5, 5.41) is 19.0. The van der Waals surface area contributed by atoms with Crippen LogP contribution in [0.25, 0.3) is 5.57 Å². The molecule has 4 unspecified atom stereocenters. The topological polar surface area (TPSA) is 312 Å². The van der Waals surface area contributed by atoms with Crippen LogP contribution in [0.3, 0.4) is 0 Å². The largest absolute Gasteiger partial charge is 0.493 e. The van der Waals surface area contributed by atoms with E-state index in [1.807, 2.05) is 61.3 Å². The molecule has 0 radical (unpaired) electrons. The van der Waals surface area contributed by atoms with E-state index >= 15 is 0 Å². The second-order valence-corrected chi connectivity index (χ2v) is 26.0. The zero-order chi connectivity index (χ0) is 71.5. The minimum absolute atomic E-state index is 0.0343. The summed E-state index contributed by atoms with van der Waals surface area (Å²) in [5.74, 6) is 0.965. The number of rotatable bonds is 47. The number of amides is 7. The molecular formula is C73H101N9O19. The molecule has 0 spiro atoms. The monoisotopic (exact) mass is 1410 g/mol. The van der Waals surface area contributed by atoms with Crippen molar-refractivity contribution in [2.45, 2.75) is 96.3 Å². The standard InChI is InChI=1S/C73H101N9O19/c1-49(2)61(79-67(84)17-22-92-24-26-94-28-30-96-32-34-98-36-37-99-35-33-97-31-29-95-27-25-93-23-18-74-66(83)16-19-80-68(85)14-15-69(80)86)45-75-50(3)70(87)78-55-12-10-51(11-13-55)53-38-56-44-76-59-41-64(62(90-5)39-57(59)71(88)81(56)46-53)100-20-7-21-101-65-42-60-58(40-63(65)91-6)72(89)82-47-54(52-8-9-52)43-73(82,4)48-77-60/h10-15,39-42,46-47,49-50,52,56,61,75-77H,7-9,16-38,43-45,48H2,1-6H3,(H,74,83)(H,78,87)(H,79,84). The first-order valence-electron chi connectivity index (χ1n) is 35.1. The van der Waals surface area contributed by atoms with Crippen LogP contribution >= 0.6 is 0 Å². The van der Waals surface area contributed by atoms with E-state index in [2.05, 4.69) is 45.0 Å². The first-order valence-corrected chi connectivity index (χ1v) is 35.1. The lowest BCUT2D eigenvalue weighted by Gasteiger charge is -2.32. The molecule has 101 heavy (non-hydrogen) atoms. The zero-order valence-corrected chi connectivity index (χ0v) is 59.1. The predicted molar refractivity (Wildman–Crippen MR) is 375 cm³/mol. The van der Waals surface area contributed by atoms with Gasteiger partial charge in [-0.05, 0) is 92.3 Å². The maximum atomic E-state index is 14.2. The normalized spacial score (nSPS) is 18.2. The van der Waals surface area contributed by atoms with Crippen LogP contribution in [0, 0.1) is 11.8 Å². The van der Waals surface area contributed by atoms with Crippen LogP contribution in [0.1, 0.15) is 98.9 Å². The molecule has 3 aromatic carbocycles. The van der Waals surface area contributed by atoms with Gasteiger partial charge in [-0.1, -0.05) is 26.0 Å². The van der Waals surface area contributed by atoms with Gasteiger partial charge >= 0.3 is 0 Å². The number of hydrogen-bond acceptors (Lipinski definition) is 22. The summed E-state index contributed by atoms with van der Waals surface area (Å²) in [6, 6.07) is 13.8. The third-order valence-electron chi connectivity index (χ3n) is 18.0. The molecule has 28 nitrogen and oxygen atoms in total. The summed E-state index contributed by atoms with van der Waals surface area (Å²) in [4.78, 5) is 94.0. The van der Waals surface area contributed by atoms with Crippen molar-refractivity contribution in [3.63, 3.8) is 0 Å². The van der Waals surface area contributed by atoms with Gasteiger partial charge in [0.25, 0.3) is 23.6 Å². The zero-order valence-electron chi connectivity index (χ0n) is 59.1. The van der Waals surface area contributed by atoms with Crippen LogP contribution in [0.2, 0.25) is 0 Å². The van der Waals surface area contributed by atoms with Crippen molar-refractivity contribution < 1.29 is 90.4 Å². The molecule has 1 aliphatic carbocycles. The lowest BCUT2D eigenvalue weighted by atomic mass is 9.94. The summed E-state index contributed by atoms with van der Waals surface area (Å²) in [7, 11) is 3.12. The van der Waals surface area contributed by atoms with Crippen molar-refractivity contribution in [3.8, 4) is 23.0 Å². The van der Waals surface area contributed by atoms with Gasteiger partial charge < -0.3 is 98.5 Å². The number of benzene rings is 3. The summed E-state index contributed by atoms with van der Waals surface area (Å²) in [6.07, 6.45) is 11.0. The molecule has 5 aliphatic heterocycles.